The summed E-state index contributed by atoms with van der Waals surface area (Å²) in [7, 11) is 0. The van der Waals surface area contributed by atoms with Crippen LogP contribution in [-0.2, 0) is 0 Å². The number of aliphatic hydroxyl groups is 1. The van der Waals surface area contributed by atoms with Crippen LogP contribution >= 0.6 is 0 Å². The number of benzene rings is 1. The first-order valence-corrected chi connectivity index (χ1v) is 5.34. The predicted molar refractivity (Wildman–Crippen MR) is 65.0 cm³/mol. The van der Waals surface area contributed by atoms with Gasteiger partial charge in [-0.2, -0.15) is 5.26 Å². The SMILES string of the molecule is CC(CCCO)Nc1ccc(C#N)c(N)c1. The fraction of sp³-hybridized carbons (Fsp3) is 0.417. The average Bonchev–Trinajstić information content (AvgIpc) is 2.26. The lowest BCUT2D eigenvalue weighted by molar-refractivity contribution is 0.282. The molecule has 0 heterocycles. The highest BCUT2D eigenvalue weighted by molar-refractivity contribution is 5.62. The third kappa shape index (κ3) is 3.44. The summed E-state index contributed by atoms with van der Waals surface area (Å²) in [6.07, 6.45) is 1.68. The number of aliphatic hydroxyl groups excluding tert-OH is 1. The van der Waals surface area contributed by atoms with Crippen LogP contribution in [0.25, 0.3) is 0 Å². The zero-order chi connectivity index (χ0) is 12.0. The Labute approximate surface area is 95.7 Å². The lowest BCUT2D eigenvalue weighted by Crippen LogP contribution is -2.15. The molecule has 16 heavy (non-hydrogen) atoms. The Bertz CT molecular complexity index is 384. The molecule has 0 aliphatic rings. The molecule has 4 heteroatoms. The van der Waals surface area contributed by atoms with E-state index in [1.807, 2.05) is 19.1 Å². The van der Waals surface area contributed by atoms with Crippen LogP contribution in [0.4, 0.5) is 11.4 Å². The molecule has 4 nitrogen and oxygen atoms in total. The molecule has 0 aromatic heterocycles. The van der Waals surface area contributed by atoms with Gasteiger partial charge in [0, 0.05) is 18.3 Å². The molecule has 1 unspecified atom stereocenters. The van der Waals surface area contributed by atoms with Gasteiger partial charge in [0.1, 0.15) is 6.07 Å². The summed E-state index contributed by atoms with van der Waals surface area (Å²) >= 11 is 0. The van der Waals surface area contributed by atoms with Crippen LogP contribution in [0.3, 0.4) is 0 Å². The highest BCUT2D eigenvalue weighted by Crippen LogP contribution is 2.18. The number of rotatable bonds is 5. The van der Waals surface area contributed by atoms with Crippen molar-refractivity contribution in [2.24, 2.45) is 0 Å². The highest BCUT2D eigenvalue weighted by Gasteiger charge is 2.03. The number of anilines is 2. The first kappa shape index (κ1) is 12.3. The van der Waals surface area contributed by atoms with E-state index in [-0.39, 0.29) is 12.6 Å². The van der Waals surface area contributed by atoms with Gasteiger partial charge in [0.2, 0.25) is 0 Å². The minimum atomic E-state index is 0.210. The van der Waals surface area contributed by atoms with Gasteiger partial charge in [-0.3, -0.25) is 0 Å². The summed E-state index contributed by atoms with van der Waals surface area (Å²) in [6.45, 7) is 2.26. The average molecular weight is 219 g/mol. The van der Waals surface area contributed by atoms with Gasteiger partial charge in [-0.1, -0.05) is 0 Å². The topological polar surface area (TPSA) is 82.1 Å². The molecule has 0 amide bonds. The van der Waals surface area contributed by atoms with Crippen molar-refractivity contribution in [1.82, 2.24) is 0 Å². The van der Waals surface area contributed by atoms with Crippen LogP contribution in [0.1, 0.15) is 25.3 Å². The standard InChI is InChI=1S/C12H17N3O/c1-9(3-2-6-16)15-11-5-4-10(8-13)12(14)7-11/h4-5,7,9,15-16H,2-3,6,14H2,1H3. The van der Waals surface area contributed by atoms with Crippen LogP contribution in [0.2, 0.25) is 0 Å². The van der Waals surface area contributed by atoms with E-state index in [1.165, 1.54) is 0 Å². The van der Waals surface area contributed by atoms with Crippen molar-refractivity contribution in [1.29, 1.82) is 5.26 Å². The molecule has 0 radical (unpaired) electrons. The number of nitrogens with two attached hydrogens (primary N) is 1. The highest BCUT2D eigenvalue weighted by atomic mass is 16.2. The molecule has 86 valence electrons. The third-order valence-corrected chi connectivity index (χ3v) is 2.38. The van der Waals surface area contributed by atoms with Crippen LogP contribution in [0.5, 0.6) is 0 Å². The molecular weight excluding hydrogens is 202 g/mol. The molecule has 4 N–H and O–H groups in total. The number of hydrogen-bond acceptors (Lipinski definition) is 4. The molecule has 0 aliphatic carbocycles. The van der Waals surface area contributed by atoms with Gasteiger partial charge >= 0.3 is 0 Å². The van der Waals surface area contributed by atoms with Gasteiger partial charge in [-0.15, -0.1) is 0 Å². The molecule has 1 rings (SSSR count). The Morgan fingerprint density at radius 3 is 2.88 bits per heavy atom. The molecule has 0 aliphatic heterocycles. The van der Waals surface area contributed by atoms with E-state index in [0.717, 1.165) is 18.5 Å². The summed E-state index contributed by atoms with van der Waals surface area (Å²) in [5.41, 5.74) is 7.59. The fourth-order valence-electron chi connectivity index (χ4n) is 1.51. The number of hydrogen-bond donors (Lipinski definition) is 3. The van der Waals surface area contributed by atoms with Gasteiger partial charge in [0.25, 0.3) is 0 Å². The van der Waals surface area contributed by atoms with E-state index in [4.69, 9.17) is 16.1 Å². The Hall–Kier alpha value is -1.73. The summed E-state index contributed by atoms with van der Waals surface area (Å²) in [6, 6.07) is 7.60. The van der Waals surface area contributed by atoms with E-state index in [1.54, 1.807) is 12.1 Å². The van der Waals surface area contributed by atoms with Gasteiger partial charge in [0.15, 0.2) is 0 Å². The second-order valence-corrected chi connectivity index (χ2v) is 3.83. The van der Waals surface area contributed by atoms with Crippen molar-refractivity contribution in [2.75, 3.05) is 17.7 Å². The monoisotopic (exact) mass is 219 g/mol. The van der Waals surface area contributed by atoms with Crippen LogP contribution in [0, 0.1) is 11.3 Å². The minimum Gasteiger partial charge on any atom is -0.398 e. The smallest absolute Gasteiger partial charge is 0.101 e. The van der Waals surface area contributed by atoms with Crippen molar-refractivity contribution in [3.8, 4) is 6.07 Å². The molecular formula is C12H17N3O. The second-order valence-electron chi connectivity index (χ2n) is 3.83. The maximum Gasteiger partial charge on any atom is 0.101 e. The van der Waals surface area contributed by atoms with E-state index in [9.17, 15) is 0 Å². The van der Waals surface area contributed by atoms with Gasteiger partial charge in [-0.25, -0.2) is 0 Å². The molecule has 0 spiro atoms. The summed E-state index contributed by atoms with van der Waals surface area (Å²) in [5, 5.41) is 20.7. The maximum absolute atomic E-state index is 8.73. The summed E-state index contributed by atoms with van der Waals surface area (Å²) in [4.78, 5) is 0. The molecule has 0 bridgehead atoms. The first-order chi connectivity index (χ1) is 7.67. The molecule has 0 saturated heterocycles. The quantitative estimate of drug-likeness (QED) is 0.658. The fourth-order valence-corrected chi connectivity index (χ4v) is 1.51. The lowest BCUT2D eigenvalue weighted by Gasteiger charge is -2.15. The van der Waals surface area contributed by atoms with E-state index < -0.39 is 0 Å². The molecule has 0 fully saturated rings. The zero-order valence-electron chi connectivity index (χ0n) is 9.40. The van der Waals surface area contributed by atoms with Crippen LogP contribution in [-0.4, -0.2) is 17.8 Å². The zero-order valence-corrected chi connectivity index (χ0v) is 9.40. The first-order valence-electron chi connectivity index (χ1n) is 5.34. The van der Waals surface area contributed by atoms with Crippen molar-refractivity contribution < 1.29 is 5.11 Å². The Kier molecular flexibility index (Phi) is 4.62. The minimum absolute atomic E-state index is 0.210. The Balaban J connectivity index is 2.61. The molecule has 1 aromatic rings. The predicted octanol–water partition coefficient (Wildman–Crippen LogP) is 1.71. The Morgan fingerprint density at radius 1 is 1.56 bits per heavy atom. The van der Waals surface area contributed by atoms with Crippen LogP contribution in [0.15, 0.2) is 18.2 Å². The van der Waals surface area contributed by atoms with E-state index in [0.29, 0.717) is 11.3 Å². The lowest BCUT2D eigenvalue weighted by atomic mass is 10.1. The maximum atomic E-state index is 8.73. The van der Waals surface area contributed by atoms with E-state index >= 15 is 0 Å². The van der Waals surface area contributed by atoms with Crippen molar-refractivity contribution >= 4 is 11.4 Å². The number of nitrogens with zero attached hydrogens (tertiary/aromatic N) is 1. The molecule has 1 atom stereocenters. The number of nitrogens with one attached hydrogen (secondary N) is 1. The van der Waals surface area contributed by atoms with Crippen molar-refractivity contribution in [3.05, 3.63) is 23.8 Å². The number of nitrogen functional groups attached to an aromatic ring is 1. The van der Waals surface area contributed by atoms with E-state index in [2.05, 4.69) is 5.32 Å². The van der Waals surface area contributed by atoms with Crippen LogP contribution < -0.4 is 11.1 Å². The van der Waals surface area contributed by atoms with Crippen molar-refractivity contribution in [3.63, 3.8) is 0 Å². The second kappa shape index (κ2) is 5.99. The normalized spacial score (nSPS) is 11.8. The largest absolute Gasteiger partial charge is 0.398 e. The van der Waals surface area contributed by atoms with Gasteiger partial charge in [0.05, 0.1) is 11.3 Å². The Morgan fingerprint density at radius 2 is 2.31 bits per heavy atom. The van der Waals surface area contributed by atoms with Gasteiger partial charge < -0.3 is 16.2 Å². The molecule has 0 saturated carbocycles. The molecule has 1 aromatic carbocycles. The number of nitriles is 1. The van der Waals surface area contributed by atoms with Gasteiger partial charge in [-0.05, 0) is 38.0 Å². The van der Waals surface area contributed by atoms with Crippen molar-refractivity contribution in [2.45, 2.75) is 25.8 Å². The summed E-state index contributed by atoms with van der Waals surface area (Å²) in [5.74, 6) is 0. The summed E-state index contributed by atoms with van der Waals surface area (Å²) < 4.78 is 0. The third-order valence-electron chi connectivity index (χ3n) is 2.38.